The van der Waals surface area contributed by atoms with E-state index >= 15 is 0 Å². The van der Waals surface area contributed by atoms with E-state index < -0.39 is 0 Å². The molecular formula is C11H15N5O. The lowest BCUT2D eigenvalue weighted by Crippen LogP contribution is -2.28. The van der Waals surface area contributed by atoms with Gasteiger partial charge in [-0.2, -0.15) is 10.1 Å². The fourth-order valence-electron chi connectivity index (χ4n) is 1.50. The number of carbonyl (C=O) groups is 1. The van der Waals surface area contributed by atoms with Crippen LogP contribution >= 0.6 is 0 Å². The zero-order valence-electron chi connectivity index (χ0n) is 10.1. The quantitative estimate of drug-likeness (QED) is 0.851. The zero-order valence-corrected chi connectivity index (χ0v) is 10.1. The van der Waals surface area contributed by atoms with Crippen LogP contribution in [-0.2, 0) is 0 Å². The van der Waals surface area contributed by atoms with E-state index in [1.165, 1.54) is 12.5 Å². The van der Waals surface area contributed by atoms with Gasteiger partial charge in [0.2, 0.25) is 0 Å². The predicted octanol–water partition coefficient (Wildman–Crippen LogP) is 0.819. The summed E-state index contributed by atoms with van der Waals surface area (Å²) in [5.41, 5.74) is 1.28. The second-order valence-electron chi connectivity index (χ2n) is 4.33. The molecule has 0 aliphatic carbocycles. The number of hydrogen-bond donors (Lipinski definition) is 1. The molecule has 0 aliphatic heterocycles. The third-order valence-electron chi connectivity index (χ3n) is 2.46. The fourth-order valence-corrected chi connectivity index (χ4v) is 1.50. The Morgan fingerprint density at radius 2 is 2.24 bits per heavy atom. The van der Waals surface area contributed by atoms with Crippen molar-refractivity contribution in [1.29, 1.82) is 0 Å². The van der Waals surface area contributed by atoms with Crippen LogP contribution in [0.25, 0.3) is 5.78 Å². The number of hydrogen-bond acceptors (Lipinski definition) is 4. The Labute approximate surface area is 99.1 Å². The Balaban J connectivity index is 2.29. The first-order valence-electron chi connectivity index (χ1n) is 5.53. The molecule has 2 rings (SSSR count). The van der Waals surface area contributed by atoms with Crippen LogP contribution in [0.1, 0.15) is 29.9 Å². The zero-order chi connectivity index (χ0) is 12.4. The van der Waals surface area contributed by atoms with Crippen molar-refractivity contribution >= 4 is 11.7 Å². The maximum atomic E-state index is 11.9. The SMILES string of the molecule is Cc1c(C(=O)NCC(C)C)cnc2ncnn12. The molecule has 2 heterocycles. The highest BCUT2D eigenvalue weighted by atomic mass is 16.1. The van der Waals surface area contributed by atoms with Crippen molar-refractivity contribution in [3.63, 3.8) is 0 Å². The molecule has 2 aromatic rings. The van der Waals surface area contributed by atoms with Gasteiger partial charge >= 0.3 is 0 Å². The summed E-state index contributed by atoms with van der Waals surface area (Å²) >= 11 is 0. The summed E-state index contributed by atoms with van der Waals surface area (Å²) in [6, 6.07) is 0. The maximum absolute atomic E-state index is 11.9. The molecule has 17 heavy (non-hydrogen) atoms. The summed E-state index contributed by atoms with van der Waals surface area (Å²) < 4.78 is 1.56. The van der Waals surface area contributed by atoms with E-state index in [0.29, 0.717) is 23.8 Å². The normalized spacial score (nSPS) is 11.1. The molecule has 0 unspecified atom stereocenters. The molecule has 6 nitrogen and oxygen atoms in total. The van der Waals surface area contributed by atoms with Gasteiger partial charge in [0, 0.05) is 12.7 Å². The molecule has 1 N–H and O–H groups in total. The van der Waals surface area contributed by atoms with Crippen molar-refractivity contribution in [3.05, 3.63) is 23.8 Å². The van der Waals surface area contributed by atoms with Crippen LogP contribution in [0.2, 0.25) is 0 Å². The minimum Gasteiger partial charge on any atom is -0.352 e. The van der Waals surface area contributed by atoms with E-state index in [1.54, 1.807) is 4.52 Å². The molecule has 90 valence electrons. The number of aryl methyl sites for hydroxylation is 1. The largest absolute Gasteiger partial charge is 0.352 e. The van der Waals surface area contributed by atoms with Crippen molar-refractivity contribution in [1.82, 2.24) is 24.9 Å². The molecule has 0 saturated heterocycles. The maximum Gasteiger partial charge on any atom is 0.254 e. The van der Waals surface area contributed by atoms with Crippen molar-refractivity contribution in [2.24, 2.45) is 5.92 Å². The molecule has 6 heteroatoms. The Kier molecular flexibility index (Phi) is 3.03. The van der Waals surface area contributed by atoms with Gasteiger partial charge in [0.05, 0.1) is 11.3 Å². The second kappa shape index (κ2) is 4.48. The number of carbonyl (C=O) groups excluding carboxylic acids is 1. The van der Waals surface area contributed by atoms with E-state index in [0.717, 1.165) is 5.69 Å². The lowest BCUT2D eigenvalue weighted by Gasteiger charge is -2.09. The highest BCUT2D eigenvalue weighted by Gasteiger charge is 2.13. The molecule has 0 fully saturated rings. The fraction of sp³-hybridized carbons (Fsp3) is 0.455. The number of amides is 1. The van der Waals surface area contributed by atoms with E-state index in [1.807, 2.05) is 20.8 Å². The summed E-state index contributed by atoms with van der Waals surface area (Å²) in [7, 11) is 0. The predicted molar refractivity (Wildman–Crippen MR) is 62.7 cm³/mol. The standard InChI is InChI=1S/C11H15N5O/c1-7(2)4-12-10(17)9-5-13-11-14-6-15-16(11)8(9)3/h5-7H,4H2,1-3H3,(H,12,17). The molecule has 0 bridgehead atoms. The van der Waals surface area contributed by atoms with Gasteiger partial charge in [-0.05, 0) is 12.8 Å². The molecule has 2 aromatic heterocycles. The first-order valence-corrected chi connectivity index (χ1v) is 5.53. The molecule has 0 saturated carbocycles. The summed E-state index contributed by atoms with van der Waals surface area (Å²) in [6.45, 7) is 6.57. The van der Waals surface area contributed by atoms with E-state index in [2.05, 4.69) is 20.4 Å². The van der Waals surface area contributed by atoms with Crippen molar-refractivity contribution in [2.75, 3.05) is 6.54 Å². The van der Waals surface area contributed by atoms with E-state index in [4.69, 9.17) is 0 Å². The van der Waals surface area contributed by atoms with Gasteiger partial charge in [-0.3, -0.25) is 4.79 Å². The van der Waals surface area contributed by atoms with Crippen LogP contribution in [0.4, 0.5) is 0 Å². The van der Waals surface area contributed by atoms with Crippen LogP contribution in [-0.4, -0.2) is 32.0 Å². The third kappa shape index (κ3) is 2.25. The van der Waals surface area contributed by atoms with Crippen LogP contribution in [0.5, 0.6) is 0 Å². The number of nitrogens with one attached hydrogen (secondary N) is 1. The second-order valence-corrected chi connectivity index (χ2v) is 4.33. The highest BCUT2D eigenvalue weighted by molar-refractivity contribution is 5.95. The van der Waals surface area contributed by atoms with Crippen LogP contribution in [0.3, 0.4) is 0 Å². The summed E-state index contributed by atoms with van der Waals surface area (Å²) in [6.07, 6.45) is 2.96. The molecule has 0 spiro atoms. The molecule has 0 radical (unpaired) electrons. The van der Waals surface area contributed by atoms with Gasteiger partial charge in [0.1, 0.15) is 6.33 Å². The average Bonchev–Trinajstić information content (AvgIpc) is 2.75. The number of aromatic nitrogens is 4. The third-order valence-corrected chi connectivity index (χ3v) is 2.46. The van der Waals surface area contributed by atoms with Crippen molar-refractivity contribution < 1.29 is 4.79 Å². The van der Waals surface area contributed by atoms with Crippen LogP contribution < -0.4 is 5.32 Å². The molecule has 1 amide bonds. The summed E-state index contributed by atoms with van der Waals surface area (Å²) in [5.74, 6) is 0.798. The minimum absolute atomic E-state index is 0.124. The topological polar surface area (TPSA) is 72.2 Å². The van der Waals surface area contributed by atoms with Gasteiger partial charge in [-0.1, -0.05) is 13.8 Å². The molecule has 0 aliphatic rings. The number of fused-ring (bicyclic) bond motifs is 1. The Bertz CT molecular complexity index is 546. The van der Waals surface area contributed by atoms with Crippen LogP contribution in [0.15, 0.2) is 12.5 Å². The van der Waals surface area contributed by atoms with Crippen molar-refractivity contribution in [2.45, 2.75) is 20.8 Å². The lowest BCUT2D eigenvalue weighted by atomic mass is 10.2. The van der Waals surface area contributed by atoms with Crippen LogP contribution in [0, 0.1) is 12.8 Å². The van der Waals surface area contributed by atoms with E-state index in [-0.39, 0.29) is 5.91 Å². The molecule has 0 atom stereocenters. The highest BCUT2D eigenvalue weighted by Crippen LogP contribution is 2.07. The Morgan fingerprint density at radius 1 is 1.47 bits per heavy atom. The average molecular weight is 233 g/mol. The lowest BCUT2D eigenvalue weighted by molar-refractivity contribution is 0.0947. The first kappa shape index (κ1) is 11.5. The van der Waals surface area contributed by atoms with E-state index in [9.17, 15) is 4.79 Å². The minimum atomic E-state index is -0.124. The van der Waals surface area contributed by atoms with Gasteiger partial charge < -0.3 is 5.32 Å². The summed E-state index contributed by atoms with van der Waals surface area (Å²) in [5, 5.41) is 6.88. The molecule has 0 aromatic carbocycles. The Hall–Kier alpha value is -1.98. The van der Waals surface area contributed by atoms with Gasteiger partial charge in [0.25, 0.3) is 11.7 Å². The van der Waals surface area contributed by atoms with Gasteiger partial charge in [-0.15, -0.1) is 0 Å². The smallest absolute Gasteiger partial charge is 0.254 e. The van der Waals surface area contributed by atoms with Gasteiger partial charge in [0.15, 0.2) is 0 Å². The van der Waals surface area contributed by atoms with Crippen molar-refractivity contribution in [3.8, 4) is 0 Å². The van der Waals surface area contributed by atoms with Gasteiger partial charge in [-0.25, -0.2) is 9.50 Å². The first-order chi connectivity index (χ1) is 8.09. The Morgan fingerprint density at radius 3 is 2.94 bits per heavy atom. The number of rotatable bonds is 3. The summed E-state index contributed by atoms with van der Waals surface area (Å²) in [4.78, 5) is 20.0. The number of nitrogens with zero attached hydrogens (tertiary/aromatic N) is 4. The monoisotopic (exact) mass is 233 g/mol. The molecular weight excluding hydrogens is 218 g/mol.